The summed E-state index contributed by atoms with van der Waals surface area (Å²) in [5.41, 5.74) is 10.6. The molecule has 2 rings (SSSR count). The van der Waals surface area contributed by atoms with Gasteiger partial charge in [-0.05, 0) is 43.2 Å². The molecule has 0 aliphatic carbocycles. The van der Waals surface area contributed by atoms with Crippen LogP contribution in [0.3, 0.4) is 0 Å². The molecule has 2 aromatic rings. The Morgan fingerprint density at radius 2 is 1.89 bits per heavy atom. The van der Waals surface area contributed by atoms with Gasteiger partial charge in [-0.2, -0.15) is 0 Å². The first-order valence-electron chi connectivity index (χ1n) is 6.14. The van der Waals surface area contributed by atoms with Crippen molar-refractivity contribution in [3.8, 4) is 0 Å². The molecule has 0 radical (unpaired) electrons. The number of hydrogen-bond donors (Lipinski definition) is 2. The molecule has 1 unspecified atom stereocenters. The van der Waals surface area contributed by atoms with Crippen LogP contribution in [0.4, 0.5) is 5.69 Å². The molecule has 0 aliphatic rings. The molecule has 1 aromatic heterocycles. The molecule has 1 heterocycles. The van der Waals surface area contributed by atoms with Crippen molar-refractivity contribution in [2.75, 3.05) is 11.9 Å². The third-order valence-electron chi connectivity index (χ3n) is 3.06. The number of nitrogens with one attached hydrogen (secondary N) is 1. The normalized spacial score (nSPS) is 12.2. The Bertz CT molecular complexity index is 508. The molecule has 3 nitrogen and oxygen atoms in total. The van der Waals surface area contributed by atoms with Crippen LogP contribution in [0, 0.1) is 13.8 Å². The van der Waals surface area contributed by atoms with E-state index in [1.165, 1.54) is 11.1 Å². The van der Waals surface area contributed by atoms with Crippen LogP contribution in [-0.2, 0) is 0 Å². The van der Waals surface area contributed by atoms with Gasteiger partial charge < -0.3 is 11.1 Å². The molecular weight excluding hydrogens is 222 g/mol. The zero-order chi connectivity index (χ0) is 13.0. The highest BCUT2D eigenvalue weighted by atomic mass is 14.9. The maximum absolute atomic E-state index is 5.85. The van der Waals surface area contributed by atoms with Crippen LogP contribution >= 0.6 is 0 Å². The Labute approximate surface area is 108 Å². The molecule has 94 valence electrons. The lowest BCUT2D eigenvalue weighted by atomic mass is 10.1. The topological polar surface area (TPSA) is 50.9 Å². The van der Waals surface area contributed by atoms with E-state index in [1.807, 2.05) is 12.1 Å². The van der Waals surface area contributed by atoms with Crippen molar-refractivity contribution in [3.05, 3.63) is 59.4 Å². The second-order valence-corrected chi connectivity index (χ2v) is 4.53. The SMILES string of the molecule is Cc1ccc(NC(CN)c2ccncc2)c(C)c1. The van der Waals surface area contributed by atoms with E-state index in [0.29, 0.717) is 6.54 Å². The lowest BCUT2D eigenvalue weighted by Gasteiger charge is -2.20. The number of nitrogens with two attached hydrogens (primary N) is 1. The van der Waals surface area contributed by atoms with Crippen molar-refractivity contribution in [1.29, 1.82) is 0 Å². The van der Waals surface area contributed by atoms with Crippen LogP contribution < -0.4 is 11.1 Å². The molecule has 0 amide bonds. The van der Waals surface area contributed by atoms with Crippen molar-refractivity contribution in [2.45, 2.75) is 19.9 Å². The Hall–Kier alpha value is -1.87. The Morgan fingerprint density at radius 3 is 2.50 bits per heavy atom. The average molecular weight is 241 g/mol. The monoisotopic (exact) mass is 241 g/mol. The summed E-state index contributed by atoms with van der Waals surface area (Å²) in [6.07, 6.45) is 3.59. The zero-order valence-electron chi connectivity index (χ0n) is 10.9. The predicted octanol–water partition coefficient (Wildman–Crippen LogP) is 2.81. The summed E-state index contributed by atoms with van der Waals surface area (Å²) in [5.74, 6) is 0. The van der Waals surface area contributed by atoms with E-state index in [9.17, 15) is 0 Å². The molecule has 0 bridgehead atoms. The quantitative estimate of drug-likeness (QED) is 0.865. The van der Waals surface area contributed by atoms with Crippen LogP contribution in [0.5, 0.6) is 0 Å². The molecule has 3 heteroatoms. The Balaban J connectivity index is 2.21. The van der Waals surface area contributed by atoms with Crippen LogP contribution in [0.2, 0.25) is 0 Å². The van der Waals surface area contributed by atoms with Crippen molar-refractivity contribution < 1.29 is 0 Å². The van der Waals surface area contributed by atoms with Crippen molar-refractivity contribution in [1.82, 2.24) is 4.98 Å². The van der Waals surface area contributed by atoms with E-state index < -0.39 is 0 Å². The van der Waals surface area contributed by atoms with E-state index in [-0.39, 0.29) is 6.04 Å². The Kier molecular flexibility index (Phi) is 3.95. The van der Waals surface area contributed by atoms with Gasteiger partial charge in [-0.25, -0.2) is 0 Å². The van der Waals surface area contributed by atoms with Gasteiger partial charge in [0, 0.05) is 24.6 Å². The molecule has 1 atom stereocenters. The number of nitrogens with zero attached hydrogens (tertiary/aromatic N) is 1. The summed E-state index contributed by atoms with van der Waals surface area (Å²) >= 11 is 0. The van der Waals surface area contributed by atoms with Gasteiger partial charge in [0.2, 0.25) is 0 Å². The van der Waals surface area contributed by atoms with Crippen molar-refractivity contribution >= 4 is 5.69 Å². The number of aryl methyl sites for hydroxylation is 2. The second kappa shape index (κ2) is 5.65. The number of rotatable bonds is 4. The maximum Gasteiger partial charge on any atom is 0.0637 e. The summed E-state index contributed by atoms with van der Waals surface area (Å²) in [6, 6.07) is 10.5. The van der Waals surface area contributed by atoms with Gasteiger partial charge in [0.15, 0.2) is 0 Å². The van der Waals surface area contributed by atoms with Crippen molar-refractivity contribution in [2.24, 2.45) is 5.73 Å². The first-order chi connectivity index (χ1) is 8.70. The number of anilines is 1. The molecule has 3 N–H and O–H groups in total. The molecule has 0 aliphatic heterocycles. The zero-order valence-corrected chi connectivity index (χ0v) is 10.9. The molecule has 18 heavy (non-hydrogen) atoms. The van der Waals surface area contributed by atoms with Crippen LogP contribution in [0.25, 0.3) is 0 Å². The van der Waals surface area contributed by atoms with E-state index >= 15 is 0 Å². The van der Waals surface area contributed by atoms with Gasteiger partial charge >= 0.3 is 0 Å². The van der Waals surface area contributed by atoms with E-state index in [1.54, 1.807) is 12.4 Å². The number of benzene rings is 1. The standard InChI is InChI=1S/C15H19N3/c1-11-3-4-14(12(2)9-11)18-15(10-16)13-5-7-17-8-6-13/h3-9,15,18H,10,16H2,1-2H3. The van der Waals surface area contributed by atoms with Crippen molar-refractivity contribution in [3.63, 3.8) is 0 Å². The fourth-order valence-corrected chi connectivity index (χ4v) is 2.04. The lowest BCUT2D eigenvalue weighted by Crippen LogP contribution is -2.21. The van der Waals surface area contributed by atoms with Crippen LogP contribution in [-0.4, -0.2) is 11.5 Å². The molecule has 0 saturated heterocycles. The van der Waals surface area contributed by atoms with Gasteiger partial charge in [-0.1, -0.05) is 17.7 Å². The van der Waals surface area contributed by atoms with Gasteiger partial charge in [0.25, 0.3) is 0 Å². The Morgan fingerprint density at radius 1 is 1.17 bits per heavy atom. The van der Waals surface area contributed by atoms with Gasteiger partial charge in [0.1, 0.15) is 0 Å². The highest BCUT2D eigenvalue weighted by Gasteiger charge is 2.10. The molecule has 0 fully saturated rings. The predicted molar refractivity (Wildman–Crippen MR) is 75.6 cm³/mol. The highest BCUT2D eigenvalue weighted by Crippen LogP contribution is 2.22. The van der Waals surface area contributed by atoms with E-state index in [2.05, 4.69) is 42.3 Å². The fraction of sp³-hybridized carbons (Fsp3) is 0.267. The molecule has 0 spiro atoms. The number of aromatic nitrogens is 1. The third kappa shape index (κ3) is 2.87. The van der Waals surface area contributed by atoms with Gasteiger partial charge in [-0.3, -0.25) is 4.98 Å². The average Bonchev–Trinajstić information content (AvgIpc) is 2.39. The molecule has 0 saturated carbocycles. The maximum atomic E-state index is 5.85. The lowest BCUT2D eigenvalue weighted by molar-refractivity contribution is 0.787. The number of hydrogen-bond acceptors (Lipinski definition) is 3. The number of pyridine rings is 1. The summed E-state index contributed by atoms with van der Waals surface area (Å²) < 4.78 is 0. The first kappa shape index (κ1) is 12.6. The highest BCUT2D eigenvalue weighted by molar-refractivity contribution is 5.53. The minimum atomic E-state index is 0.120. The molecular formula is C15H19N3. The largest absolute Gasteiger partial charge is 0.377 e. The minimum Gasteiger partial charge on any atom is -0.377 e. The summed E-state index contributed by atoms with van der Waals surface area (Å²) in [6.45, 7) is 4.76. The summed E-state index contributed by atoms with van der Waals surface area (Å²) in [4.78, 5) is 4.03. The first-order valence-corrected chi connectivity index (χ1v) is 6.14. The fourth-order valence-electron chi connectivity index (χ4n) is 2.04. The van der Waals surface area contributed by atoms with Crippen LogP contribution in [0.15, 0.2) is 42.7 Å². The van der Waals surface area contributed by atoms with E-state index in [0.717, 1.165) is 11.3 Å². The van der Waals surface area contributed by atoms with Gasteiger partial charge in [0.05, 0.1) is 6.04 Å². The smallest absolute Gasteiger partial charge is 0.0637 e. The van der Waals surface area contributed by atoms with E-state index in [4.69, 9.17) is 5.73 Å². The summed E-state index contributed by atoms with van der Waals surface area (Å²) in [7, 11) is 0. The van der Waals surface area contributed by atoms with Crippen LogP contribution in [0.1, 0.15) is 22.7 Å². The van der Waals surface area contributed by atoms with Gasteiger partial charge in [-0.15, -0.1) is 0 Å². The second-order valence-electron chi connectivity index (χ2n) is 4.53. The third-order valence-corrected chi connectivity index (χ3v) is 3.06. The summed E-state index contributed by atoms with van der Waals surface area (Å²) in [5, 5.41) is 3.49. The molecule has 1 aromatic carbocycles. The minimum absolute atomic E-state index is 0.120.